The predicted octanol–water partition coefficient (Wildman–Crippen LogP) is 1.48. The number of hydrogen-bond acceptors (Lipinski definition) is 4. The van der Waals surface area contributed by atoms with Crippen LogP contribution in [0, 0.1) is 0 Å². The zero-order chi connectivity index (χ0) is 13.8. The van der Waals surface area contributed by atoms with E-state index in [1.54, 1.807) is 37.5 Å². The maximum absolute atomic E-state index is 12.0. The zero-order valence-corrected chi connectivity index (χ0v) is 11.1. The molecule has 2 heterocycles. The summed E-state index contributed by atoms with van der Waals surface area (Å²) < 4.78 is 5.10. The van der Waals surface area contributed by atoms with Gasteiger partial charge in [0.15, 0.2) is 5.11 Å². The second-order valence-electron chi connectivity index (χ2n) is 3.76. The van der Waals surface area contributed by atoms with Gasteiger partial charge in [-0.1, -0.05) is 6.08 Å². The second kappa shape index (κ2) is 5.62. The molecule has 1 saturated heterocycles. The van der Waals surface area contributed by atoms with Crippen molar-refractivity contribution in [2.45, 2.75) is 6.92 Å². The molecule has 2 amide bonds. The number of nitrogens with zero attached hydrogens (tertiary/aromatic N) is 1. The van der Waals surface area contributed by atoms with E-state index in [9.17, 15) is 9.59 Å². The number of likely N-dealkylation sites (N-methyl/N-ethyl adjacent to an activating group) is 1. The molecule has 0 aliphatic carbocycles. The van der Waals surface area contributed by atoms with Gasteiger partial charge < -0.3 is 4.42 Å². The summed E-state index contributed by atoms with van der Waals surface area (Å²) in [5.74, 6) is -0.229. The number of furan rings is 1. The minimum atomic E-state index is -0.483. The molecule has 6 heteroatoms. The van der Waals surface area contributed by atoms with E-state index in [2.05, 4.69) is 5.32 Å². The predicted molar refractivity (Wildman–Crippen MR) is 74.0 cm³/mol. The third-order valence-corrected chi connectivity index (χ3v) is 2.89. The fraction of sp³-hybridized carbons (Fsp3) is 0.154. The van der Waals surface area contributed by atoms with Crippen LogP contribution in [0.4, 0.5) is 0 Å². The molecule has 1 aromatic heterocycles. The van der Waals surface area contributed by atoms with Gasteiger partial charge in [0, 0.05) is 6.54 Å². The molecule has 19 heavy (non-hydrogen) atoms. The Balaban J connectivity index is 2.20. The third kappa shape index (κ3) is 2.79. The van der Waals surface area contributed by atoms with Crippen molar-refractivity contribution in [3.63, 3.8) is 0 Å². The van der Waals surface area contributed by atoms with E-state index < -0.39 is 5.91 Å². The fourth-order valence-electron chi connectivity index (χ4n) is 1.63. The number of hydrogen-bond donors (Lipinski definition) is 1. The van der Waals surface area contributed by atoms with Crippen molar-refractivity contribution >= 4 is 35.2 Å². The van der Waals surface area contributed by atoms with E-state index in [0.717, 1.165) is 0 Å². The van der Waals surface area contributed by atoms with Crippen LogP contribution in [-0.2, 0) is 9.59 Å². The smallest absolute Gasteiger partial charge is 0.265 e. The minimum Gasteiger partial charge on any atom is -0.465 e. The number of nitrogens with one attached hydrogen (secondary N) is 1. The summed E-state index contributed by atoms with van der Waals surface area (Å²) in [5.41, 5.74) is 0.0539. The Bertz CT molecular complexity index is 573. The van der Waals surface area contributed by atoms with Gasteiger partial charge in [-0.15, -0.1) is 0 Å². The first-order valence-electron chi connectivity index (χ1n) is 5.72. The Kier molecular flexibility index (Phi) is 3.91. The van der Waals surface area contributed by atoms with Crippen LogP contribution in [-0.4, -0.2) is 28.4 Å². The van der Waals surface area contributed by atoms with Crippen molar-refractivity contribution < 1.29 is 14.0 Å². The lowest BCUT2D eigenvalue weighted by molar-refractivity contribution is -0.128. The minimum absolute atomic E-state index is 0.0539. The van der Waals surface area contributed by atoms with Crippen LogP contribution in [0.5, 0.6) is 0 Å². The normalized spacial score (nSPS) is 18.5. The van der Waals surface area contributed by atoms with E-state index in [1.807, 2.05) is 0 Å². The topological polar surface area (TPSA) is 62.6 Å². The number of rotatable bonds is 3. The van der Waals surface area contributed by atoms with Crippen LogP contribution >= 0.6 is 12.2 Å². The average molecular weight is 276 g/mol. The number of thiocarbonyl (C=S) groups is 1. The molecule has 2 rings (SSSR count). The highest BCUT2D eigenvalue weighted by Crippen LogP contribution is 2.10. The number of carbonyl (C=O) groups is 2. The number of carbonyl (C=O) groups excluding carboxylic acids is 2. The Morgan fingerprint density at radius 1 is 1.47 bits per heavy atom. The Labute approximate surface area is 115 Å². The van der Waals surface area contributed by atoms with Gasteiger partial charge in [0.25, 0.3) is 11.8 Å². The molecule has 5 nitrogen and oxygen atoms in total. The molecule has 1 aromatic rings. The zero-order valence-electron chi connectivity index (χ0n) is 10.3. The number of amides is 2. The van der Waals surface area contributed by atoms with E-state index >= 15 is 0 Å². The molecular weight excluding hydrogens is 264 g/mol. The fourth-order valence-corrected chi connectivity index (χ4v) is 1.93. The highest BCUT2D eigenvalue weighted by molar-refractivity contribution is 7.80. The van der Waals surface area contributed by atoms with Crippen LogP contribution in [0.25, 0.3) is 6.08 Å². The van der Waals surface area contributed by atoms with E-state index in [1.165, 1.54) is 11.0 Å². The summed E-state index contributed by atoms with van der Waals surface area (Å²) in [5, 5.41) is 2.62. The maximum atomic E-state index is 12.0. The summed E-state index contributed by atoms with van der Waals surface area (Å²) in [4.78, 5) is 25.1. The van der Waals surface area contributed by atoms with Crippen molar-refractivity contribution in [3.8, 4) is 0 Å². The quantitative estimate of drug-likeness (QED) is 0.516. The molecule has 1 aliphatic rings. The van der Waals surface area contributed by atoms with Crippen molar-refractivity contribution in [3.05, 3.63) is 41.9 Å². The molecule has 1 fully saturated rings. The summed E-state index contributed by atoms with van der Waals surface area (Å²) in [6.45, 7) is 2.20. The lowest BCUT2D eigenvalue weighted by atomic mass is 10.1. The molecule has 1 N–H and O–H groups in total. The summed E-state index contributed by atoms with van der Waals surface area (Å²) in [7, 11) is 0. The molecular formula is C13H12N2O3S. The first kappa shape index (κ1) is 13.2. The summed E-state index contributed by atoms with van der Waals surface area (Å²) in [6.07, 6.45) is 6.25. The SMILES string of the molecule is CCN1C(=O)/C(=C\C=C\c2ccco2)C(=O)NC1=S. The van der Waals surface area contributed by atoms with Gasteiger partial charge in [-0.05, 0) is 43.4 Å². The molecule has 0 spiro atoms. The largest absolute Gasteiger partial charge is 0.465 e. The lowest BCUT2D eigenvalue weighted by Gasteiger charge is -2.27. The molecule has 1 aliphatic heterocycles. The first-order chi connectivity index (χ1) is 9.13. The Morgan fingerprint density at radius 3 is 2.89 bits per heavy atom. The van der Waals surface area contributed by atoms with E-state index in [-0.39, 0.29) is 16.6 Å². The summed E-state index contributed by atoms with van der Waals surface area (Å²) >= 11 is 4.92. The average Bonchev–Trinajstić information content (AvgIpc) is 2.86. The van der Waals surface area contributed by atoms with Crippen molar-refractivity contribution in [1.29, 1.82) is 0 Å². The van der Waals surface area contributed by atoms with E-state index in [4.69, 9.17) is 16.6 Å². The van der Waals surface area contributed by atoms with Gasteiger partial charge in [0.2, 0.25) is 0 Å². The molecule has 0 radical (unpaired) electrons. The van der Waals surface area contributed by atoms with Crippen LogP contribution in [0.15, 0.2) is 40.5 Å². The molecule has 0 aromatic carbocycles. The lowest BCUT2D eigenvalue weighted by Crippen LogP contribution is -2.53. The van der Waals surface area contributed by atoms with Gasteiger partial charge in [-0.2, -0.15) is 0 Å². The monoisotopic (exact) mass is 276 g/mol. The van der Waals surface area contributed by atoms with Crippen molar-refractivity contribution in [2.75, 3.05) is 6.54 Å². The second-order valence-corrected chi connectivity index (χ2v) is 4.15. The Hall–Kier alpha value is -2.21. The van der Waals surface area contributed by atoms with Gasteiger partial charge >= 0.3 is 0 Å². The third-order valence-electron chi connectivity index (χ3n) is 2.57. The van der Waals surface area contributed by atoms with Gasteiger partial charge in [0.05, 0.1) is 6.26 Å². The molecule has 0 unspecified atom stereocenters. The van der Waals surface area contributed by atoms with Gasteiger partial charge in [-0.25, -0.2) is 0 Å². The van der Waals surface area contributed by atoms with Crippen molar-refractivity contribution in [2.24, 2.45) is 0 Å². The molecule has 0 bridgehead atoms. The summed E-state index contributed by atoms with van der Waals surface area (Å²) in [6, 6.07) is 3.52. The van der Waals surface area contributed by atoms with Crippen LogP contribution in [0.2, 0.25) is 0 Å². The van der Waals surface area contributed by atoms with Crippen LogP contribution in [0.3, 0.4) is 0 Å². The van der Waals surface area contributed by atoms with E-state index in [0.29, 0.717) is 12.3 Å². The number of allylic oxidation sites excluding steroid dienone is 2. The maximum Gasteiger partial charge on any atom is 0.265 e. The van der Waals surface area contributed by atoms with Gasteiger partial charge in [-0.3, -0.25) is 19.8 Å². The Morgan fingerprint density at radius 2 is 2.26 bits per heavy atom. The molecule has 98 valence electrons. The standard InChI is InChI=1S/C13H12N2O3S/c1-2-15-12(17)10(11(16)14-13(15)19)7-3-5-9-6-4-8-18-9/h3-8H,2H2,1H3,(H,14,16,19)/b5-3+,10-7-. The highest BCUT2D eigenvalue weighted by atomic mass is 32.1. The van der Waals surface area contributed by atoms with Crippen LogP contribution in [0.1, 0.15) is 12.7 Å². The molecule has 0 saturated carbocycles. The van der Waals surface area contributed by atoms with Crippen molar-refractivity contribution in [1.82, 2.24) is 10.2 Å². The first-order valence-corrected chi connectivity index (χ1v) is 6.13. The van der Waals surface area contributed by atoms with Gasteiger partial charge in [0.1, 0.15) is 11.3 Å². The highest BCUT2D eigenvalue weighted by Gasteiger charge is 2.31. The van der Waals surface area contributed by atoms with Crippen LogP contribution < -0.4 is 5.32 Å². The molecule has 0 atom stereocenters.